The van der Waals surface area contributed by atoms with Crippen LogP contribution in [0.2, 0.25) is 0 Å². The summed E-state index contributed by atoms with van der Waals surface area (Å²) in [6, 6.07) is 0. The maximum atomic E-state index is 8.87. The van der Waals surface area contributed by atoms with Crippen molar-refractivity contribution < 1.29 is 10.2 Å². The van der Waals surface area contributed by atoms with E-state index >= 15 is 0 Å². The number of aliphatic hydroxyl groups excluding tert-OH is 2. The zero-order chi connectivity index (χ0) is 11.2. The van der Waals surface area contributed by atoms with E-state index in [0.717, 1.165) is 12.8 Å². The van der Waals surface area contributed by atoms with Gasteiger partial charge in [0.15, 0.2) is 0 Å². The van der Waals surface area contributed by atoms with Gasteiger partial charge in [0.1, 0.15) is 0 Å². The summed E-state index contributed by atoms with van der Waals surface area (Å²) in [5.41, 5.74) is 0. The van der Waals surface area contributed by atoms with Gasteiger partial charge in [-0.1, -0.05) is 21.6 Å². The standard InChI is InChI=1S/C10H22O2S2/c1-9(2,5-7-11)13-14-10(3,4)6-8-12/h11-12H,5-8H2,1-4H3. The largest absolute Gasteiger partial charge is 0.396 e. The van der Waals surface area contributed by atoms with Gasteiger partial charge in [-0.2, -0.15) is 0 Å². The highest BCUT2D eigenvalue weighted by Gasteiger charge is 2.25. The molecule has 0 saturated carbocycles. The van der Waals surface area contributed by atoms with E-state index in [4.69, 9.17) is 10.2 Å². The number of hydrogen-bond donors (Lipinski definition) is 2. The van der Waals surface area contributed by atoms with E-state index in [0.29, 0.717) is 0 Å². The van der Waals surface area contributed by atoms with E-state index in [1.807, 2.05) is 0 Å². The molecule has 0 aromatic carbocycles. The molecule has 14 heavy (non-hydrogen) atoms. The van der Waals surface area contributed by atoms with Crippen LogP contribution in [0.5, 0.6) is 0 Å². The molecule has 0 unspecified atom stereocenters. The quantitative estimate of drug-likeness (QED) is 0.669. The van der Waals surface area contributed by atoms with Gasteiger partial charge in [-0.05, 0) is 40.5 Å². The fraction of sp³-hybridized carbons (Fsp3) is 1.00. The van der Waals surface area contributed by atoms with Crippen molar-refractivity contribution in [2.75, 3.05) is 13.2 Å². The van der Waals surface area contributed by atoms with Crippen LogP contribution in [0.15, 0.2) is 0 Å². The van der Waals surface area contributed by atoms with Gasteiger partial charge in [-0.3, -0.25) is 0 Å². The summed E-state index contributed by atoms with van der Waals surface area (Å²) in [6.45, 7) is 9.01. The molecule has 0 aromatic rings. The lowest BCUT2D eigenvalue weighted by Gasteiger charge is -2.29. The molecule has 2 N–H and O–H groups in total. The van der Waals surface area contributed by atoms with Crippen molar-refractivity contribution in [3.05, 3.63) is 0 Å². The van der Waals surface area contributed by atoms with Crippen molar-refractivity contribution in [2.45, 2.75) is 50.0 Å². The summed E-state index contributed by atoms with van der Waals surface area (Å²) in [5.74, 6) is 0. The Morgan fingerprint density at radius 1 is 0.786 bits per heavy atom. The third-order valence-electron chi connectivity index (χ3n) is 1.92. The first-order valence-electron chi connectivity index (χ1n) is 4.91. The fourth-order valence-corrected chi connectivity index (χ4v) is 3.50. The monoisotopic (exact) mass is 238 g/mol. The molecule has 4 heteroatoms. The first kappa shape index (κ1) is 14.6. The van der Waals surface area contributed by atoms with Gasteiger partial charge < -0.3 is 10.2 Å². The minimum Gasteiger partial charge on any atom is -0.396 e. The van der Waals surface area contributed by atoms with Crippen LogP contribution in [0.1, 0.15) is 40.5 Å². The molecular weight excluding hydrogens is 216 g/mol. The fourth-order valence-electron chi connectivity index (χ4n) is 0.847. The van der Waals surface area contributed by atoms with Crippen molar-refractivity contribution >= 4 is 21.6 Å². The smallest absolute Gasteiger partial charge is 0.0444 e. The molecule has 0 aromatic heterocycles. The van der Waals surface area contributed by atoms with Gasteiger partial charge >= 0.3 is 0 Å². The zero-order valence-corrected chi connectivity index (χ0v) is 11.2. The van der Waals surface area contributed by atoms with Crippen LogP contribution in [-0.2, 0) is 0 Å². The summed E-state index contributed by atoms with van der Waals surface area (Å²) in [5, 5.41) is 17.7. The van der Waals surface area contributed by atoms with Crippen LogP contribution in [0.3, 0.4) is 0 Å². The lowest BCUT2D eigenvalue weighted by Crippen LogP contribution is -2.20. The molecule has 0 rings (SSSR count). The van der Waals surface area contributed by atoms with Gasteiger partial charge in [0.25, 0.3) is 0 Å². The van der Waals surface area contributed by atoms with Crippen LogP contribution in [-0.4, -0.2) is 32.9 Å². The summed E-state index contributed by atoms with van der Waals surface area (Å²) < 4.78 is 0.207. The van der Waals surface area contributed by atoms with Crippen molar-refractivity contribution in [1.29, 1.82) is 0 Å². The predicted molar refractivity (Wildman–Crippen MR) is 66.7 cm³/mol. The molecule has 0 aliphatic rings. The first-order chi connectivity index (χ1) is 6.33. The number of hydrogen-bond acceptors (Lipinski definition) is 4. The molecule has 0 fully saturated rings. The Hall–Kier alpha value is 0.620. The average Bonchev–Trinajstić information content (AvgIpc) is 2.01. The first-order valence-corrected chi connectivity index (χ1v) is 7.06. The second-order valence-electron chi connectivity index (χ2n) is 4.63. The van der Waals surface area contributed by atoms with Crippen LogP contribution in [0.25, 0.3) is 0 Å². The lowest BCUT2D eigenvalue weighted by atomic mass is 10.1. The third-order valence-corrected chi connectivity index (χ3v) is 6.27. The number of rotatable bonds is 7. The summed E-state index contributed by atoms with van der Waals surface area (Å²) >= 11 is 0. The van der Waals surface area contributed by atoms with Gasteiger partial charge in [0.05, 0.1) is 0 Å². The zero-order valence-electron chi connectivity index (χ0n) is 9.54. The highest BCUT2D eigenvalue weighted by molar-refractivity contribution is 8.77. The highest BCUT2D eigenvalue weighted by atomic mass is 33.1. The van der Waals surface area contributed by atoms with Crippen molar-refractivity contribution in [3.8, 4) is 0 Å². The Balaban J connectivity index is 3.90. The normalized spacial score (nSPS) is 13.3. The Labute approximate surface area is 95.3 Å². The second-order valence-corrected chi connectivity index (χ2v) is 8.18. The van der Waals surface area contributed by atoms with Crippen LogP contribution in [0, 0.1) is 0 Å². The van der Waals surface area contributed by atoms with Gasteiger partial charge in [-0.15, -0.1) is 0 Å². The molecule has 0 heterocycles. The SMILES string of the molecule is CC(C)(CCO)SSC(C)(C)CCO. The maximum Gasteiger partial charge on any atom is 0.0444 e. The molecule has 0 spiro atoms. The summed E-state index contributed by atoms with van der Waals surface area (Å²) in [7, 11) is 3.59. The van der Waals surface area contributed by atoms with E-state index in [-0.39, 0.29) is 22.7 Å². The summed E-state index contributed by atoms with van der Waals surface area (Å²) in [6.07, 6.45) is 1.61. The van der Waals surface area contributed by atoms with E-state index in [1.165, 1.54) is 0 Å². The summed E-state index contributed by atoms with van der Waals surface area (Å²) in [4.78, 5) is 0. The third kappa shape index (κ3) is 6.98. The van der Waals surface area contributed by atoms with Crippen LogP contribution in [0.4, 0.5) is 0 Å². The molecule has 0 saturated heterocycles. The molecule has 0 bridgehead atoms. The van der Waals surface area contributed by atoms with E-state index in [2.05, 4.69) is 27.7 Å². The van der Waals surface area contributed by atoms with Crippen molar-refractivity contribution in [3.63, 3.8) is 0 Å². The Morgan fingerprint density at radius 3 is 1.29 bits per heavy atom. The van der Waals surface area contributed by atoms with Crippen molar-refractivity contribution in [1.82, 2.24) is 0 Å². The number of aliphatic hydroxyl groups is 2. The van der Waals surface area contributed by atoms with E-state index < -0.39 is 0 Å². The van der Waals surface area contributed by atoms with E-state index in [9.17, 15) is 0 Å². The average molecular weight is 238 g/mol. The van der Waals surface area contributed by atoms with Gasteiger partial charge in [0.2, 0.25) is 0 Å². The molecule has 86 valence electrons. The Morgan fingerprint density at radius 2 is 1.07 bits per heavy atom. The highest BCUT2D eigenvalue weighted by Crippen LogP contribution is 2.45. The Bertz CT molecular complexity index is 140. The predicted octanol–water partition coefficient (Wildman–Crippen LogP) is 2.69. The molecule has 0 amide bonds. The molecule has 0 radical (unpaired) electrons. The molecule has 0 aliphatic heterocycles. The molecule has 0 aliphatic carbocycles. The minimum absolute atomic E-state index is 0.103. The molecule has 0 atom stereocenters. The molecular formula is C10H22O2S2. The topological polar surface area (TPSA) is 40.5 Å². The second kappa shape index (κ2) is 6.26. The molecule has 2 nitrogen and oxygen atoms in total. The minimum atomic E-state index is 0.103. The van der Waals surface area contributed by atoms with Crippen molar-refractivity contribution in [2.24, 2.45) is 0 Å². The van der Waals surface area contributed by atoms with E-state index in [1.54, 1.807) is 21.6 Å². The van der Waals surface area contributed by atoms with Gasteiger partial charge in [0, 0.05) is 22.7 Å². The van der Waals surface area contributed by atoms with Crippen LogP contribution < -0.4 is 0 Å². The lowest BCUT2D eigenvalue weighted by molar-refractivity contribution is 0.274. The Kier molecular flexibility index (Phi) is 6.53. The van der Waals surface area contributed by atoms with Crippen LogP contribution >= 0.6 is 21.6 Å². The van der Waals surface area contributed by atoms with Gasteiger partial charge in [-0.25, -0.2) is 0 Å². The maximum absolute atomic E-state index is 8.87.